The Morgan fingerprint density at radius 2 is 2.08 bits per heavy atom. The molecule has 1 aliphatic heterocycles. The monoisotopic (exact) mass is 350 g/mol. The van der Waals surface area contributed by atoms with Gasteiger partial charge in [0, 0.05) is 36.2 Å². The number of fused-ring (bicyclic) bond motifs is 1. The third-order valence-electron chi connectivity index (χ3n) is 4.45. The van der Waals surface area contributed by atoms with Crippen molar-refractivity contribution in [3.8, 4) is 0 Å². The molecule has 0 saturated carbocycles. The molecule has 4 rings (SSSR count). The second-order valence-electron chi connectivity index (χ2n) is 6.34. The fourth-order valence-corrected chi connectivity index (χ4v) is 3.13. The molecule has 0 aliphatic carbocycles. The van der Waals surface area contributed by atoms with Gasteiger partial charge < -0.3 is 10.2 Å². The number of carbonyl (C=O) groups is 2. The van der Waals surface area contributed by atoms with Crippen LogP contribution in [0.3, 0.4) is 0 Å². The average Bonchev–Trinajstić information content (AvgIpc) is 3.22. The Balaban J connectivity index is 1.56. The molecule has 2 aromatic heterocycles. The summed E-state index contributed by atoms with van der Waals surface area (Å²) in [7, 11) is 0. The first-order chi connectivity index (χ1) is 12.5. The van der Waals surface area contributed by atoms with Crippen LogP contribution in [-0.2, 0) is 4.79 Å². The zero-order valence-electron chi connectivity index (χ0n) is 14.6. The van der Waals surface area contributed by atoms with E-state index in [0.717, 1.165) is 29.9 Å². The quantitative estimate of drug-likeness (QED) is 0.781. The number of anilines is 2. The van der Waals surface area contributed by atoms with Crippen molar-refractivity contribution >= 4 is 29.0 Å². The van der Waals surface area contributed by atoms with E-state index in [9.17, 15) is 9.59 Å². The molecule has 2 amide bonds. The van der Waals surface area contributed by atoms with E-state index in [1.807, 2.05) is 26.0 Å². The van der Waals surface area contributed by atoms with Crippen LogP contribution in [0.15, 0.2) is 30.5 Å². The molecule has 0 radical (unpaired) electrons. The minimum Gasteiger partial charge on any atom is -0.319 e. The van der Waals surface area contributed by atoms with Crippen molar-refractivity contribution in [1.82, 2.24) is 19.6 Å². The van der Waals surface area contributed by atoms with Crippen molar-refractivity contribution in [3.63, 3.8) is 0 Å². The fourth-order valence-electron chi connectivity index (χ4n) is 3.13. The van der Waals surface area contributed by atoms with Gasteiger partial charge in [0.2, 0.25) is 11.7 Å². The van der Waals surface area contributed by atoms with Crippen molar-refractivity contribution in [3.05, 3.63) is 47.5 Å². The number of rotatable bonds is 3. The van der Waals surface area contributed by atoms with Crippen LogP contribution in [0.25, 0.3) is 5.78 Å². The SMILES string of the molecule is Cc1cc(NC(=O)c2nc3nccc(C)n3n2)ccc1N1CCCC1=O. The molecule has 1 aromatic carbocycles. The van der Waals surface area contributed by atoms with Gasteiger partial charge in [0.05, 0.1) is 0 Å². The molecule has 1 aliphatic rings. The van der Waals surface area contributed by atoms with Gasteiger partial charge in [-0.3, -0.25) is 9.59 Å². The van der Waals surface area contributed by atoms with Crippen LogP contribution >= 0.6 is 0 Å². The topological polar surface area (TPSA) is 92.5 Å². The van der Waals surface area contributed by atoms with Crippen LogP contribution in [0.4, 0.5) is 11.4 Å². The van der Waals surface area contributed by atoms with Crippen molar-refractivity contribution in [2.24, 2.45) is 0 Å². The Bertz CT molecular complexity index is 1030. The Morgan fingerprint density at radius 3 is 2.77 bits per heavy atom. The van der Waals surface area contributed by atoms with E-state index in [0.29, 0.717) is 17.9 Å². The van der Waals surface area contributed by atoms with Crippen molar-refractivity contribution in [2.75, 3.05) is 16.8 Å². The number of amides is 2. The third-order valence-corrected chi connectivity index (χ3v) is 4.45. The van der Waals surface area contributed by atoms with E-state index in [1.54, 1.807) is 23.2 Å². The second kappa shape index (κ2) is 6.21. The van der Waals surface area contributed by atoms with Crippen LogP contribution in [0, 0.1) is 13.8 Å². The number of benzene rings is 1. The predicted octanol–water partition coefficient (Wildman–Crippen LogP) is 2.12. The minimum absolute atomic E-state index is 0.0586. The number of aryl methyl sites for hydroxylation is 2. The van der Waals surface area contributed by atoms with Crippen molar-refractivity contribution in [1.29, 1.82) is 0 Å². The third kappa shape index (κ3) is 2.79. The van der Waals surface area contributed by atoms with E-state index < -0.39 is 5.91 Å². The molecule has 3 aromatic rings. The molecule has 3 heterocycles. The van der Waals surface area contributed by atoms with Crippen LogP contribution in [0.1, 0.15) is 34.7 Å². The van der Waals surface area contributed by atoms with Gasteiger partial charge in [-0.1, -0.05) is 0 Å². The van der Waals surface area contributed by atoms with Gasteiger partial charge in [-0.25, -0.2) is 9.50 Å². The first-order valence-electron chi connectivity index (χ1n) is 8.44. The standard InChI is InChI=1S/C18H18N6O2/c1-11-10-13(5-6-14(11)23-9-3-4-15(23)25)20-17(26)16-21-18-19-8-7-12(2)24(18)22-16/h5-8,10H,3-4,9H2,1-2H3,(H,20,26). The zero-order valence-corrected chi connectivity index (χ0v) is 14.6. The van der Waals surface area contributed by atoms with E-state index in [2.05, 4.69) is 20.4 Å². The van der Waals surface area contributed by atoms with Crippen molar-refractivity contribution in [2.45, 2.75) is 26.7 Å². The highest BCUT2D eigenvalue weighted by Gasteiger charge is 2.23. The molecule has 8 heteroatoms. The largest absolute Gasteiger partial charge is 0.319 e. The average molecular weight is 350 g/mol. The highest BCUT2D eigenvalue weighted by molar-refractivity contribution is 6.02. The first kappa shape index (κ1) is 16.2. The lowest BCUT2D eigenvalue weighted by atomic mass is 10.1. The van der Waals surface area contributed by atoms with Gasteiger partial charge in [0.15, 0.2) is 0 Å². The smallest absolute Gasteiger partial charge is 0.295 e. The molecule has 0 atom stereocenters. The summed E-state index contributed by atoms with van der Waals surface area (Å²) in [5.41, 5.74) is 3.29. The first-order valence-corrected chi connectivity index (χ1v) is 8.44. The molecule has 1 N–H and O–H groups in total. The summed E-state index contributed by atoms with van der Waals surface area (Å²) in [6.45, 7) is 4.53. The summed E-state index contributed by atoms with van der Waals surface area (Å²) in [4.78, 5) is 34.4. The van der Waals surface area contributed by atoms with E-state index in [1.165, 1.54) is 4.52 Å². The normalized spacial score (nSPS) is 14.2. The molecule has 0 unspecified atom stereocenters. The highest BCUT2D eigenvalue weighted by Crippen LogP contribution is 2.27. The molecule has 1 saturated heterocycles. The van der Waals surface area contributed by atoms with Gasteiger partial charge in [-0.2, -0.15) is 4.98 Å². The highest BCUT2D eigenvalue weighted by atomic mass is 16.2. The molecule has 26 heavy (non-hydrogen) atoms. The van der Waals surface area contributed by atoms with Crippen LogP contribution < -0.4 is 10.2 Å². The maximum absolute atomic E-state index is 12.5. The lowest BCUT2D eigenvalue weighted by Gasteiger charge is -2.19. The van der Waals surface area contributed by atoms with Gasteiger partial charge in [-0.05, 0) is 50.1 Å². The van der Waals surface area contributed by atoms with Crippen molar-refractivity contribution < 1.29 is 9.59 Å². The number of carbonyl (C=O) groups excluding carboxylic acids is 2. The number of nitrogens with one attached hydrogen (secondary N) is 1. The molecule has 132 valence electrons. The van der Waals surface area contributed by atoms with Crippen LogP contribution in [0.2, 0.25) is 0 Å². The van der Waals surface area contributed by atoms with Gasteiger partial charge in [0.25, 0.3) is 11.7 Å². The molecule has 1 fully saturated rings. The van der Waals surface area contributed by atoms with E-state index >= 15 is 0 Å². The Labute approximate surface area is 149 Å². The summed E-state index contributed by atoms with van der Waals surface area (Å²) in [6, 6.07) is 7.28. The summed E-state index contributed by atoms with van der Waals surface area (Å²) in [6.07, 6.45) is 3.09. The molecular formula is C18H18N6O2. The fraction of sp³-hybridized carbons (Fsp3) is 0.278. The zero-order chi connectivity index (χ0) is 18.3. The predicted molar refractivity (Wildman–Crippen MR) is 96.2 cm³/mol. The molecule has 0 spiro atoms. The Hall–Kier alpha value is -3.29. The molecular weight excluding hydrogens is 332 g/mol. The summed E-state index contributed by atoms with van der Waals surface area (Å²) in [5.74, 6) is 0.179. The van der Waals surface area contributed by atoms with Crippen LogP contribution in [0.5, 0.6) is 0 Å². The maximum Gasteiger partial charge on any atom is 0.295 e. The van der Waals surface area contributed by atoms with Gasteiger partial charge in [0.1, 0.15) is 0 Å². The summed E-state index contributed by atoms with van der Waals surface area (Å²) in [5, 5.41) is 7.00. The summed E-state index contributed by atoms with van der Waals surface area (Å²) >= 11 is 0. The number of nitrogens with zero attached hydrogens (tertiary/aromatic N) is 5. The molecule has 8 nitrogen and oxygen atoms in total. The summed E-state index contributed by atoms with van der Waals surface area (Å²) < 4.78 is 1.53. The van der Waals surface area contributed by atoms with E-state index in [4.69, 9.17) is 0 Å². The molecule has 0 bridgehead atoms. The van der Waals surface area contributed by atoms with Crippen LogP contribution in [-0.4, -0.2) is 37.9 Å². The lowest BCUT2D eigenvalue weighted by molar-refractivity contribution is -0.117. The minimum atomic E-state index is -0.403. The lowest BCUT2D eigenvalue weighted by Crippen LogP contribution is -2.24. The number of hydrogen-bond acceptors (Lipinski definition) is 5. The second-order valence-corrected chi connectivity index (χ2v) is 6.34. The van der Waals surface area contributed by atoms with Gasteiger partial charge in [-0.15, -0.1) is 5.10 Å². The maximum atomic E-state index is 12.5. The Kier molecular flexibility index (Phi) is 3.87. The Morgan fingerprint density at radius 1 is 1.23 bits per heavy atom. The van der Waals surface area contributed by atoms with Gasteiger partial charge >= 0.3 is 0 Å². The van der Waals surface area contributed by atoms with E-state index in [-0.39, 0.29) is 11.7 Å². The number of aromatic nitrogens is 4. The number of hydrogen-bond donors (Lipinski definition) is 1.